The van der Waals surface area contributed by atoms with Crippen molar-refractivity contribution in [3.05, 3.63) is 0 Å². The lowest BCUT2D eigenvalue weighted by Gasteiger charge is -2.27. The monoisotopic (exact) mass is 269 g/mol. The van der Waals surface area contributed by atoms with Crippen molar-refractivity contribution in [1.82, 2.24) is 4.90 Å². The van der Waals surface area contributed by atoms with Gasteiger partial charge in [-0.25, -0.2) is 4.79 Å². The molecule has 5 heteroatoms. The second-order valence-corrected chi connectivity index (χ2v) is 5.53. The average Bonchev–Trinajstić information content (AvgIpc) is 2.53. The van der Waals surface area contributed by atoms with Crippen LogP contribution < -0.4 is 0 Å². The van der Waals surface area contributed by atoms with Crippen LogP contribution in [0.3, 0.4) is 0 Å². The van der Waals surface area contributed by atoms with E-state index in [0.29, 0.717) is 6.54 Å². The van der Waals surface area contributed by atoms with E-state index in [1.54, 1.807) is 11.8 Å². The lowest BCUT2D eigenvalue weighted by atomic mass is 9.89. The Morgan fingerprint density at radius 2 is 2.21 bits per heavy atom. The number of carbonyl (C=O) groups is 2. The fourth-order valence-electron chi connectivity index (χ4n) is 2.90. The summed E-state index contributed by atoms with van der Waals surface area (Å²) in [4.78, 5) is 26.7. The molecular formula is C14H23NO4. The summed E-state index contributed by atoms with van der Waals surface area (Å²) < 4.78 is 11.0. The van der Waals surface area contributed by atoms with E-state index >= 15 is 0 Å². The molecule has 19 heavy (non-hydrogen) atoms. The molecule has 2 rings (SSSR count). The van der Waals surface area contributed by atoms with Gasteiger partial charge in [0.15, 0.2) is 0 Å². The third-order valence-electron chi connectivity index (χ3n) is 3.99. The molecule has 0 saturated carbocycles. The summed E-state index contributed by atoms with van der Waals surface area (Å²) in [6.45, 7) is 6.35. The number of amides is 1. The van der Waals surface area contributed by atoms with Gasteiger partial charge < -0.3 is 14.4 Å². The van der Waals surface area contributed by atoms with Gasteiger partial charge in [0, 0.05) is 12.5 Å². The zero-order valence-electron chi connectivity index (χ0n) is 12.0. The van der Waals surface area contributed by atoms with Crippen LogP contribution in [0.15, 0.2) is 0 Å². The molecule has 108 valence electrons. The molecule has 2 fully saturated rings. The van der Waals surface area contributed by atoms with Crippen LogP contribution in [-0.4, -0.2) is 41.8 Å². The van der Waals surface area contributed by atoms with E-state index in [0.717, 1.165) is 25.7 Å². The molecule has 2 atom stereocenters. The molecule has 2 saturated heterocycles. The van der Waals surface area contributed by atoms with Crippen molar-refractivity contribution in [2.75, 3.05) is 13.2 Å². The zero-order chi connectivity index (χ0) is 14.0. The number of hydrogen-bond acceptors (Lipinski definition) is 4. The van der Waals surface area contributed by atoms with Crippen LogP contribution in [0.25, 0.3) is 0 Å². The number of hydrogen-bond donors (Lipinski definition) is 0. The van der Waals surface area contributed by atoms with E-state index in [1.165, 1.54) is 0 Å². The molecule has 2 heterocycles. The van der Waals surface area contributed by atoms with Gasteiger partial charge in [0.1, 0.15) is 6.23 Å². The Kier molecular flexibility index (Phi) is 4.13. The Morgan fingerprint density at radius 1 is 1.47 bits per heavy atom. The molecule has 0 aliphatic carbocycles. The van der Waals surface area contributed by atoms with E-state index in [1.807, 2.05) is 13.8 Å². The minimum atomic E-state index is -1.43. The highest BCUT2D eigenvalue weighted by Gasteiger charge is 2.61. The van der Waals surface area contributed by atoms with Gasteiger partial charge in [0.2, 0.25) is 5.60 Å². The fourth-order valence-corrected chi connectivity index (χ4v) is 2.90. The number of carbonyl (C=O) groups excluding carboxylic acids is 2. The average molecular weight is 269 g/mol. The van der Waals surface area contributed by atoms with Gasteiger partial charge in [0.05, 0.1) is 6.61 Å². The molecular weight excluding hydrogens is 246 g/mol. The largest absolute Gasteiger partial charge is 0.463 e. The lowest BCUT2D eigenvalue weighted by Crippen LogP contribution is -2.52. The van der Waals surface area contributed by atoms with Crippen LogP contribution in [0.2, 0.25) is 0 Å². The van der Waals surface area contributed by atoms with Gasteiger partial charge in [0.25, 0.3) is 5.91 Å². The van der Waals surface area contributed by atoms with Gasteiger partial charge in [-0.3, -0.25) is 4.79 Å². The topological polar surface area (TPSA) is 55.8 Å². The minimum Gasteiger partial charge on any atom is -0.463 e. The van der Waals surface area contributed by atoms with Gasteiger partial charge in [-0.05, 0) is 26.2 Å². The summed E-state index contributed by atoms with van der Waals surface area (Å²) in [6.07, 6.45) is 3.66. The second-order valence-electron chi connectivity index (χ2n) is 5.53. The molecule has 0 bridgehead atoms. The van der Waals surface area contributed by atoms with Gasteiger partial charge in [-0.15, -0.1) is 0 Å². The number of rotatable bonds is 3. The Balaban J connectivity index is 2.30. The van der Waals surface area contributed by atoms with Crippen molar-refractivity contribution in [3.8, 4) is 0 Å². The SMILES string of the molecule is CCOC(=O)[C@]1(C(C)C)O[C@@H]2CCCCCN2C1=O. The first-order valence-corrected chi connectivity index (χ1v) is 7.20. The summed E-state index contributed by atoms with van der Waals surface area (Å²) in [5.41, 5.74) is -1.43. The van der Waals surface area contributed by atoms with Crippen LogP contribution >= 0.6 is 0 Å². The summed E-state index contributed by atoms with van der Waals surface area (Å²) in [5, 5.41) is 0. The number of fused-ring (bicyclic) bond motifs is 1. The maximum Gasteiger partial charge on any atom is 0.348 e. The first-order chi connectivity index (χ1) is 9.04. The van der Waals surface area contributed by atoms with Crippen molar-refractivity contribution in [2.45, 2.75) is 58.3 Å². The van der Waals surface area contributed by atoms with Crippen molar-refractivity contribution in [2.24, 2.45) is 5.92 Å². The Labute approximate surface area is 114 Å². The van der Waals surface area contributed by atoms with Crippen molar-refractivity contribution in [3.63, 3.8) is 0 Å². The highest BCUT2D eigenvalue weighted by molar-refractivity contribution is 6.07. The molecule has 0 spiro atoms. The van der Waals surface area contributed by atoms with Crippen LogP contribution in [0.4, 0.5) is 0 Å². The molecule has 2 aliphatic rings. The van der Waals surface area contributed by atoms with Crippen LogP contribution in [0.5, 0.6) is 0 Å². The number of esters is 1. The highest BCUT2D eigenvalue weighted by atomic mass is 16.6. The third-order valence-corrected chi connectivity index (χ3v) is 3.99. The molecule has 5 nitrogen and oxygen atoms in total. The maximum absolute atomic E-state index is 12.7. The standard InChI is InChI=1S/C14H23NO4/c1-4-18-13(17)14(10(2)3)12(16)15-9-7-5-6-8-11(15)19-14/h10-11H,4-9H2,1-3H3/t11-,14-/m1/s1. The molecule has 2 aliphatic heterocycles. The molecule has 0 N–H and O–H groups in total. The predicted molar refractivity (Wildman–Crippen MR) is 69.3 cm³/mol. The number of nitrogens with zero attached hydrogens (tertiary/aromatic N) is 1. The first kappa shape index (κ1) is 14.3. The van der Waals surface area contributed by atoms with Gasteiger partial charge >= 0.3 is 5.97 Å². The second kappa shape index (κ2) is 5.49. The van der Waals surface area contributed by atoms with E-state index < -0.39 is 11.6 Å². The quantitative estimate of drug-likeness (QED) is 0.578. The summed E-state index contributed by atoms with van der Waals surface area (Å²) >= 11 is 0. The first-order valence-electron chi connectivity index (χ1n) is 7.20. The molecule has 0 unspecified atom stereocenters. The van der Waals surface area contributed by atoms with E-state index in [2.05, 4.69) is 0 Å². The Bertz CT molecular complexity index is 368. The third kappa shape index (κ3) is 2.24. The number of ether oxygens (including phenoxy) is 2. The van der Waals surface area contributed by atoms with Crippen molar-refractivity contribution < 1.29 is 19.1 Å². The molecule has 1 amide bonds. The molecule has 0 aromatic carbocycles. The minimum absolute atomic E-state index is 0.215. The fraction of sp³-hybridized carbons (Fsp3) is 0.857. The van der Waals surface area contributed by atoms with Crippen LogP contribution in [-0.2, 0) is 19.1 Å². The van der Waals surface area contributed by atoms with Gasteiger partial charge in [-0.2, -0.15) is 0 Å². The molecule has 0 radical (unpaired) electrons. The molecule has 0 aromatic rings. The lowest BCUT2D eigenvalue weighted by molar-refractivity contribution is -0.179. The van der Waals surface area contributed by atoms with Crippen LogP contribution in [0.1, 0.15) is 46.5 Å². The molecule has 0 aromatic heterocycles. The van der Waals surface area contributed by atoms with Crippen LogP contribution in [0, 0.1) is 5.92 Å². The van der Waals surface area contributed by atoms with E-state index in [9.17, 15) is 9.59 Å². The Hall–Kier alpha value is -1.10. The maximum atomic E-state index is 12.7. The summed E-state index contributed by atoms with van der Waals surface area (Å²) in [5.74, 6) is -0.984. The van der Waals surface area contributed by atoms with E-state index in [4.69, 9.17) is 9.47 Å². The predicted octanol–water partition coefficient (Wildman–Crippen LogP) is 1.70. The van der Waals surface area contributed by atoms with Crippen molar-refractivity contribution in [1.29, 1.82) is 0 Å². The normalized spacial score (nSPS) is 31.3. The summed E-state index contributed by atoms with van der Waals surface area (Å²) in [6, 6.07) is 0. The van der Waals surface area contributed by atoms with Gasteiger partial charge in [-0.1, -0.05) is 20.3 Å². The Morgan fingerprint density at radius 3 is 2.84 bits per heavy atom. The van der Waals surface area contributed by atoms with E-state index in [-0.39, 0.29) is 24.7 Å². The zero-order valence-corrected chi connectivity index (χ0v) is 12.0. The smallest absolute Gasteiger partial charge is 0.348 e. The highest BCUT2D eigenvalue weighted by Crippen LogP contribution is 2.38. The summed E-state index contributed by atoms with van der Waals surface area (Å²) in [7, 11) is 0. The van der Waals surface area contributed by atoms with Crippen molar-refractivity contribution >= 4 is 11.9 Å².